The monoisotopic (exact) mass is 253 g/mol. The van der Waals surface area contributed by atoms with E-state index in [-0.39, 0.29) is 6.61 Å². The van der Waals surface area contributed by atoms with Gasteiger partial charge in [-0.05, 0) is 22.0 Å². The third kappa shape index (κ3) is 1.37. The van der Waals surface area contributed by atoms with Crippen molar-refractivity contribution in [3.8, 4) is 0 Å². The highest BCUT2D eigenvalue weighted by molar-refractivity contribution is 9.10. The van der Waals surface area contributed by atoms with Gasteiger partial charge in [-0.1, -0.05) is 18.2 Å². The van der Waals surface area contributed by atoms with Crippen molar-refractivity contribution in [3.63, 3.8) is 0 Å². The van der Waals surface area contributed by atoms with Gasteiger partial charge >= 0.3 is 0 Å². The zero-order valence-electron chi connectivity index (χ0n) is 8.00. The van der Waals surface area contributed by atoms with Crippen LogP contribution in [0.15, 0.2) is 28.7 Å². The van der Waals surface area contributed by atoms with Crippen molar-refractivity contribution in [2.24, 2.45) is 7.05 Å². The molecular formula is C11H12BrNO. The number of aliphatic hydroxyl groups excluding tert-OH is 1. The van der Waals surface area contributed by atoms with E-state index in [0.29, 0.717) is 6.42 Å². The SMILES string of the molecule is Cn1c(CCO)c(Br)c2ccccc21. The quantitative estimate of drug-likeness (QED) is 0.875. The lowest BCUT2D eigenvalue weighted by molar-refractivity contribution is 0.297. The number of hydrogen-bond donors (Lipinski definition) is 1. The molecule has 0 radical (unpaired) electrons. The molecule has 0 aliphatic carbocycles. The second-order valence-corrected chi connectivity index (χ2v) is 4.10. The van der Waals surface area contributed by atoms with E-state index in [1.54, 1.807) is 0 Å². The Morgan fingerprint density at radius 2 is 2.07 bits per heavy atom. The van der Waals surface area contributed by atoms with Crippen LogP contribution in [0.5, 0.6) is 0 Å². The molecule has 2 nitrogen and oxygen atoms in total. The number of aliphatic hydroxyl groups is 1. The number of nitrogens with zero attached hydrogens (tertiary/aromatic N) is 1. The van der Waals surface area contributed by atoms with Gasteiger partial charge in [-0.2, -0.15) is 0 Å². The average Bonchev–Trinajstić information content (AvgIpc) is 2.45. The van der Waals surface area contributed by atoms with Crippen molar-refractivity contribution >= 4 is 26.8 Å². The molecule has 1 N–H and O–H groups in total. The molecule has 3 heteroatoms. The molecular weight excluding hydrogens is 242 g/mol. The van der Waals surface area contributed by atoms with Crippen molar-refractivity contribution in [2.75, 3.05) is 6.61 Å². The van der Waals surface area contributed by atoms with Crippen molar-refractivity contribution in [1.82, 2.24) is 4.57 Å². The van der Waals surface area contributed by atoms with Gasteiger partial charge in [-0.25, -0.2) is 0 Å². The highest BCUT2D eigenvalue weighted by Gasteiger charge is 2.11. The van der Waals surface area contributed by atoms with Gasteiger partial charge in [-0.15, -0.1) is 0 Å². The standard InChI is InChI=1S/C11H12BrNO/c1-13-9-5-3-2-4-8(9)11(12)10(13)6-7-14/h2-5,14H,6-7H2,1H3. The molecule has 0 saturated heterocycles. The van der Waals surface area contributed by atoms with Gasteiger partial charge in [0.25, 0.3) is 0 Å². The zero-order chi connectivity index (χ0) is 10.1. The van der Waals surface area contributed by atoms with Crippen LogP contribution in [0.4, 0.5) is 0 Å². The first-order valence-electron chi connectivity index (χ1n) is 4.58. The van der Waals surface area contributed by atoms with E-state index in [9.17, 15) is 0 Å². The topological polar surface area (TPSA) is 25.2 Å². The highest BCUT2D eigenvalue weighted by atomic mass is 79.9. The van der Waals surface area contributed by atoms with Crippen LogP contribution < -0.4 is 0 Å². The fraction of sp³-hybridized carbons (Fsp3) is 0.273. The second-order valence-electron chi connectivity index (χ2n) is 3.31. The maximum absolute atomic E-state index is 8.96. The maximum Gasteiger partial charge on any atom is 0.0491 e. The molecule has 0 spiro atoms. The highest BCUT2D eigenvalue weighted by Crippen LogP contribution is 2.30. The van der Waals surface area contributed by atoms with Crippen LogP contribution in [0.3, 0.4) is 0 Å². The molecule has 0 bridgehead atoms. The molecule has 2 rings (SSSR count). The number of aromatic nitrogens is 1. The van der Waals surface area contributed by atoms with Crippen LogP contribution in [0.2, 0.25) is 0 Å². The fourth-order valence-corrected chi connectivity index (χ4v) is 2.58. The van der Waals surface area contributed by atoms with E-state index < -0.39 is 0 Å². The summed E-state index contributed by atoms with van der Waals surface area (Å²) >= 11 is 3.57. The second kappa shape index (κ2) is 3.75. The summed E-state index contributed by atoms with van der Waals surface area (Å²) in [6.07, 6.45) is 0.686. The molecule has 2 aromatic rings. The Balaban J connectivity index is 2.72. The Morgan fingerprint density at radius 1 is 1.36 bits per heavy atom. The lowest BCUT2D eigenvalue weighted by Gasteiger charge is -2.01. The van der Waals surface area contributed by atoms with Crippen LogP contribution in [-0.2, 0) is 13.5 Å². The van der Waals surface area contributed by atoms with E-state index in [0.717, 1.165) is 10.2 Å². The normalized spacial score (nSPS) is 11.1. The van der Waals surface area contributed by atoms with Crippen LogP contribution in [0, 0.1) is 0 Å². The molecule has 14 heavy (non-hydrogen) atoms. The zero-order valence-corrected chi connectivity index (χ0v) is 9.58. The predicted molar refractivity (Wildman–Crippen MR) is 61.4 cm³/mol. The van der Waals surface area contributed by atoms with Gasteiger partial charge < -0.3 is 9.67 Å². The van der Waals surface area contributed by atoms with Crippen molar-refractivity contribution < 1.29 is 5.11 Å². The minimum absolute atomic E-state index is 0.183. The van der Waals surface area contributed by atoms with E-state index in [1.165, 1.54) is 10.9 Å². The summed E-state index contributed by atoms with van der Waals surface area (Å²) < 4.78 is 3.22. The van der Waals surface area contributed by atoms with Crippen LogP contribution in [0.1, 0.15) is 5.69 Å². The minimum Gasteiger partial charge on any atom is -0.396 e. The van der Waals surface area contributed by atoms with Crippen molar-refractivity contribution in [2.45, 2.75) is 6.42 Å². The molecule has 1 heterocycles. The number of halogens is 1. The van der Waals surface area contributed by atoms with Crippen LogP contribution in [-0.4, -0.2) is 16.3 Å². The first kappa shape index (κ1) is 9.74. The Morgan fingerprint density at radius 3 is 2.71 bits per heavy atom. The van der Waals surface area contributed by atoms with E-state index in [4.69, 9.17) is 5.11 Å². The van der Waals surface area contributed by atoms with Crippen LogP contribution in [0.25, 0.3) is 10.9 Å². The van der Waals surface area contributed by atoms with E-state index >= 15 is 0 Å². The Hall–Kier alpha value is -0.800. The molecule has 0 aliphatic heterocycles. The van der Waals surface area contributed by atoms with E-state index in [2.05, 4.69) is 32.6 Å². The summed E-state index contributed by atoms with van der Waals surface area (Å²) in [6.45, 7) is 0.183. The van der Waals surface area contributed by atoms with Gasteiger partial charge in [0.15, 0.2) is 0 Å². The van der Waals surface area contributed by atoms with Gasteiger partial charge in [0, 0.05) is 41.1 Å². The number of aryl methyl sites for hydroxylation is 1. The lowest BCUT2D eigenvalue weighted by atomic mass is 10.2. The Kier molecular flexibility index (Phi) is 2.61. The van der Waals surface area contributed by atoms with Gasteiger partial charge in [-0.3, -0.25) is 0 Å². The number of rotatable bonds is 2. The number of fused-ring (bicyclic) bond motifs is 1. The van der Waals surface area contributed by atoms with Gasteiger partial charge in [0.2, 0.25) is 0 Å². The van der Waals surface area contributed by atoms with Gasteiger partial charge in [0.1, 0.15) is 0 Å². The maximum atomic E-state index is 8.96. The first-order chi connectivity index (χ1) is 6.75. The third-order valence-corrected chi connectivity index (χ3v) is 3.39. The summed E-state index contributed by atoms with van der Waals surface area (Å²) in [4.78, 5) is 0. The third-order valence-electron chi connectivity index (χ3n) is 2.51. The van der Waals surface area contributed by atoms with Crippen molar-refractivity contribution in [3.05, 3.63) is 34.4 Å². The Bertz CT molecular complexity index is 423. The van der Waals surface area contributed by atoms with Crippen LogP contribution >= 0.6 is 15.9 Å². The fourth-order valence-electron chi connectivity index (χ4n) is 1.78. The molecule has 1 aromatic heterocycles. The minimum atomic E-state index is 0.183. The Labute approximate surface area is 91.3 Å². The molecule has 0 saturated carbocycles. The summed E-state index contributed by atoms with van der Waals surface area (Å²) in [6, 6.07) is 8.22. The largest absolute Gasteiger partial charge is 0.396 e. The summed E-state index contributed by atoms with van der Waals surface area (Å²) in [5, 5.41) is 10.2. The number of benzene rings is 1. The average molecular weight is 254 g/mol. The molecule has 1 aromatic carbocycles. The number of hydrogen-bond acceptors (Lipinski definition) is 1. The van der Waals surface area contributed by atoms with E-state index in [1.807, 2.05) is 19.2 Å². The summed E-state index contributed by atoms with van der Waals surface area (Å²) in [7, 11) is 2.03. The molecule has 74 valence electrons. The smallest absolute Gasteiger partial charge is 0.0491 e. The first-order valence-corrected chi connectivity index (χ1v) is 5.37. The summed E-state index contributed by atoms with van der Waals surface area (Å²) in [5.41, 5.74) is 2.34. The predicted octanol–water partition coefficient (Wildman–Crippen LogP) is 2.48. The molecule has 0 fully saturated rings. The lowest BCUT2D eigenvalue weighted by Crippen LogP contribution is -1.99. The molecule has 0 unspecified atom stereocenters. The summed E-state index contributed by atoms with van der Waals surface area (Å²) in [5.74, 6) is 0. The number of para-hydroxylation sites is 1. The molecule has 0 aliphatic rings. The molecule has 0 amide bonds. The molecule has 0 atom stereocenters. The van der Waals surface area contributed by atoms with Gasteiger partial charge in [0.05, 0.1) is 0 Å². The van der Waals surface area contributed by atoms with Crippen molar-refractivity contribution in [1.29, 1.82) is 0 Å².